The number of rotatable bonds is 5. The maximum absolute atomic E-state index is 10.1. The minimum Gasteiger partial charge on any atom is -0.455 e. The van der Waals surface area contributed by atoms with Crippen LogP contribution in [0.1, 0.15) is 39.8 Å². The Morgan fingerprint density at radius 2 is 1.04 bits per heavy atom. The molecule has 0 aliphatic carbocycles. The van der Waals surface area contributed by atoms with Gasteiger partial charge >= 0.3 is 0 Å². The fraction of sp³-hybridized carbons (Fsp3) is 0. The fourth-order valence-corrected chi connectivity index (χ4v) is 4.98. The minimum atomic E-state index is -1.22. The van der Waals surface area contributed by atoms with Gasteiger partial charge in [0.15, 0.2) is 0 Å². The number of anilines is 3. The Morgan fingerprint density at radius 3 is 1.87 bits per heavy atom. The van der Waals surface area contributed by atoms with Crippen LogP contribution in [0.5, 0.6) is 0 Å². The average Bonchev–Trinajstić information content (AvgIpc) is 3.79. The Kier molecular flexibility index (Phi) is 2.39. The van der Waals surface area contributed by atoms with Gasteiger partial charge in [-0.2, -0.15) is 0 Å². The molecule has 9 rings (SSSR count). The second-order valence-electron chi connectivity index (χ2n) is 9.52. The van der Waals surface area contributed by atoms with Crippen molar-refractivity contribution in [1.29, 1.82) is 0 Å². The van der Waals surface area contributed by atoms with Gasteiger partial charge in [0.05, 0.1) is 45.4 Å². The molecule has 0 radical (unpaired) electrons. The lowest BCUT2D eigenvalue weighted by atomic mass is 9.95. The summed E-state index contributed by atoms with van der Waals surface area (Å²) in [5.74, 6) is 0. The summed E-state index contributed by atoms with van der Waals surface area (Å²) in [6.45, 7) is 0. The number of benzene rings is 8. The van der Waals surface area contributed by atoms with E-state index in [1.807, 2.05) is 0 Å². The summed E-state index contributed by atoms with van der Waals surface area (Å²) in [7, 11) is 0. The fourth-order valence-electron chi connectivity index (χ4n) is 4.98. The van der Waals surface area contributed by atoms with Crippen molar-refractivity contribution in [3.05, 3.63) is 175 Å². The molecular weight excluding hydrogens is 558 g/mol. The maximum Gasteiger partial charge on any atom is 0.143 e. The number of nitrogens with zero attached hydrogens (tertiary/aromatic N) is 1. The number of hydrogen-bond donors (Lipinski definition) is 0. The molecule has 0 bridgehead atoms. The second kappa shape index (κ2) is 10.8. The van der Waals surface area contributed by atoms with Crippen LogP contribution in [-0.4, -0.2) is 0 Å². The van der Waals surface area contributed by atoms with Crippen LogP contribution in [0.15, 0.2) is 180 Å². The van der Waals surface area contributed by atoms with E-state index in [9.17, 15) is 9.60 Å². The molecule has 0 aliphatic heterocycles. The van der Waals surface area contributed by atoms with Crippen molar-refractivity contribution in [2.24, 2.45) is 0 Å². The van der Waals surface area contributed by atoms with Gasteiger partial charge in [0, 0.05) is 32.9 Å². The molecule has 1 aromatic heterocycles. The van der Waals surface area contributed by atoms with Crippen LogP contribution in [0.3, 0.4) is 0 Å². The first-order chi connectivity index (χ1) is 34.9. The van der Waals surface area contributed by atoms with Crippen molar-refractivity contribution in [3.8, 4) is 22.3 Å². The van der Waals surface area contributed by atoms with Crippen molar-refractivity contribution >= 4 is 60.5 Å². The van der Waals surface area contributed by atoms with Crippen LogP contribution < -0.4 is 4.90 Å². The molecule has 0 atom stereocenters. The molecule has 0 fully saturated rings. The number of fused-ring (bicyclic) bond motifs is 6. The van der Waals surface area contributed by atoms with E-state index in [0.717, 1.165) is 0 Å². The van der Waals surface area contributed by atoms with Crippen LogP contribution in [0.4, 0.5) is 17.1 Å². The van der Waals surface area contributed by atoms with Crippen LogP contribution in [0, 0.1) is 0 Å². The van der Waals surface area contributed by atoms with Gasteiger partial charge in [-0.3, -0.25) is 0 Å². The number of hydrogen-bond acceptors (Lipinski definition) is 2. The lowest BCUT2D eigenvalue weighted by Crippen LogP contribution is -2.10. The van der Waals surface area contributed by atoms with Crippen molar-refractivity contribution in [2.75, 3.05) is 4.90 Å². The lowest BCUT2D eigenvalue weighted by molar-refractivity contribution is 0.672. The van der Waals surface area contributed by atoms with Gasteiger partial charge in [0.1, 0.15) is 11.2 Å². The smallest absolute Gasteiger partial charge is 0.143 e. The second-order valence-corrected chi connectivity index (χ2v) is 9.52. The van der Waals surface area contributed by atoms with E-state index >= 15 is 0 Å². The average molecular weight is 617 g/mol. The summed E-state index contributed by atoms with van der Waals surface area (Å²) in [5.41, 5.74) is -8.03. The van der Waals surface area contributed by atoms with Crippen molar-refractivity contribution in [1.82, 2.24) is 0 Å². The molecule has 0 spiro atoms. The van der Waals surface area contributed by atoms with Crippen LogP contribution in [-0.2, 0) is 0 Å². The molecule has 216 valence electrons. The zero-order valence-electron chi connectivity index (χ0n) is 51.9. The Balaban J connectivity index is 1.60. The quantitative estimate of drug-likeness (QED) is 0.191. The number of furan rings is 1. The predicted octanol–water partition coefficient (Wildman–Crippen LogP) is 12.7. The topological polar surface area (TPSA) is 16.4 Å². The highest BCUT2D eigenvalue weighted by molar-refractivity contribution is 6.19. The predicted molar refractivity (Wildman–Crippen MR) is 194 cm³/mol. The third-order valence-electron chi connectivity index (χ3n) is 6.94. The zero-order chi connectivity index (χ0) is 55.7. The van der Waals surface area contributed by atoms with Crippen molar-refractivity contribution in [3.63, 3.8) is 0 Å². The first kappa shape index (κ1) is 10.2. The summed E-state index contributed by atoms with van der Waals surface area (Å²) >= 11 is 0. The molecule has 2 nitrogen and oxygen atoms in total. The molecular formula is C44H29NO. The van der Waals surface area contributed by atoms with E-state index in [1.165, 1.54) is 0 Å². The van der Waals surface area contributed by atoms with Gasteiger partial charge in [-0.05, 0) is 75.3 Å². The van der Waals surface area contributed by atoms with E-state index in [-0.39, 0.29) is 0 Å². The Labute approximate surface area is 308 Å². The molecule has 46 heavy (non-hydrogen) atoms. The van der Waals surface area contributed by atoms with Gasteiger partial charge in [0.25, 0.3) is 0 Å². The van der Waals surface area contributed by atoms with E-state index in [2.05, 4.69) is 0 Å². The van der Waals surface area contributed by atoms with Crippen LogP contribution in [0.2, 0.25) is 0 Å². The van der Waals surface area contributed by atoms with Crippen molar-refractivity contribution in [2.45, 2.75) is 0 Å². The van der Waals surface area contributed by atoms with E-state index < -0.39 is 258 Å². The molecule has 9 aromatic rings. The molecule has 2 heteroatoms. The molecule has 0 aliphatic rings. The maximum atomic E-state index is 10.1. The third kappa shape index (κ3) is 4.35. The Morgan fingerprint density at radius 1 is 0.413 bits per heavy atom. The summed E-state index contributed by atoms with van der Waals surface area (Å²) in [5, 5.41) is -4.26. The van der Waals surface area contributed by atoms with Crippen LogP contribution >= 0.6 is 0 Å². The SMILES string of the molecule is [2H]c1c([2H])c([2H])c(-c2c([2H])c([2H])c([2H])c(N(c3c([2H])c([2H])c4oc5c6c([2H])c([2H])c([2H])c([2H])c6c(-c6c([2H])c([2H])c([2H])c([2H])c6[2H])c([2H])c5c4c3[2H])c3c([2H])c([2H])c([2H])c4c([2H])c([2H])c([2H])c([2H])c34)c2[2H])c([2H])c1[2H]. The van der Waals surface area contributed by atoms with Gasteiger partial charge in [-0.1, -0.05) is 133 Å². The monoisotopic (exact) mass is 616 g/mol. The van der Waals surface area contributed by atoms with Gasteiger partial charge in [0.2, 0.25) is 0 Å². The largest absolute Gasteiger partial charge is 0.455 e. The van der Waals surface area contributed by atoms with Gasteiger partial charge in [-0.15, -0.1) is 0 Å². The third-order valence-corrected chi connectivity index (χ3v) is 6.94. The molecule has 0 N–H and O–H groups in total. The minimum absolute atomic E-state index is 0.415. The summed E-state index contributed by atoms with van der Waals surface area (Å²) in [4.78, 5) is 0.415. The first-order valence-corrected chi connectivity index (χ1v) is 13.3. The molecule has 0 amide bonds. The molecule has 1 heterocycles. The highest BCUT2D eigenvalue weighted by Gasteiger charge is 2.20. The highest BCUT2D eigenvalue weighted by atomic mass is 16.3. The van der Waals surface area contributed by atoms with E-state index in [4.69, 9.17) is 34.6 Å². The van der Waals surface area contributed by atoms with Gasteiger partial charge in [-0.25, -0.2) is 0 Å². The highest BCUT2D eigenvalue weighted by Crippen LogP contribution is 2.44. The zero-order valence-corrected chi connectivity index (χ0v) is 22.9. The summed E-state index contributed by atoms with van der Waals surface area (Å²) in [6.07, 6.45) is 0. The van der Waals surface area contributed by atoms with E-state index in [0.29, 0.717) is 4.90 Å². The Bertz CT molecular complexity index is 4120. The lowest BCUT2D eigenvalue weighted by Gasteiger charge is -2.27. The standard InChI is InChI=1S/C44H29NO/c1-3-13-30(14-4-1)33-19-11-20-34(27-33)45(42-24-12-18-31-17-7-8-21-36(31)42)35-25-26-43-40(28-35)41-29-39(32-15-5-2-6-16-32)37-22-9-10-23-38(37)44(41)46-43/h1-29H/i1D,2D,3D,4D,5D,6D,7D,8D,9D,10D,11D,12D,13D,14D,15D,16D,17D,18D,19D,20D,21D,22D,23D,24D,25D,26D,27D,28D,29D. The first-order valence-electron chi connectivity index (χ1n) is 27.8. The summed E-state index contributed by atoms with van der Waals surface area (Å²) in [6, 6.07) is -29.4. The molecule has 0 unspecified atom stereocenters. The van der Waals surface area contributed by atoms with Crippen LogP contribution in [0.25, 0.3) is 65.7 Å². The van der Waals surface area contributed by atoms with Crippen molar-refractivity contribution < 1.29 is 44.2 Å². The van der Waals surface area contributed by atoms with Gasteiger partial charge < -0.3 is 9.32 Å². The van der Waals surface area contributed by atoms with E-state index in [1.54, 1.807) is 0 Å². The Hall–Kier alpha value is -6.12. The molecule has 0 saturated carbocycles. The normalized spacial score (nSPS) is 20.3. The molecule has 8 aromatic carbocycles. The summed E-state index contributed by atoms with van der Waals surface area (Å²) < 4.78 is 265. The molecule has 0 saturated heterocycles.